The van der Waals surface area contributed by atoms with Crippen molar-refractivity contribution in [1.82, 2.24) is 4.98 Å². The molecule has 98 valence electrons. The molecule has 5 heteroatoms. The predicted octanol–water partition coefficient (Wildman–Crippen LogP) is 2.92. The second-order valence-corrected chi connectivity index (χ2v) is 5.20. The highest BCUT2D eigenvalue weighted by Gasteiger charge is 2.07. The van der Waals surface area contributed by atoms with Gasteiger partial charge < -0.3 is 11.1 Å². The summed E-state index contributed by atoms with van der Waals surface area (Å²) in [7, 11) is 0. The molecule has 19 heavy (non-hydrogen) atoms. The molecule has 1 aromatic carbocycles. The fourth-order valence-corrected chi connectivity index (χ4v) is 2.18. The summed E-state index contributed by atoms with van der Waals surface area (Å²) >= 11 is 3.38. The van der Waals surface area contributed by atoms with E-state index in [1.54, 1.807) is 6.07 Å². The Kier molecular flexibility index (Phi) is 4.16. The molecule has 0 bridgehead atoms. The number of aryl methyl sites for hydroxylation is 1. The molecule has 0 aliphatic carbocycles. The topological polar surface area (TPSA) is 68.0 Å². The first-order valence-electron chi connectivity index (χ1n) is 5.81. The molecule has 2 rings (SSSR count). The van der Waals surface area contributed by atoms with E-state index < -0.39 is 0 Å². The Morgan fingerprint density at radius 3 is 2.89 bits per heavy atom. The van der Waals surface area contributed by atoms with Crippen LogP contribution < -0.4 is 11.1 Å². The summed E-state index contributed by atoms with van der Waals surface area (Å²) < 4.78 is 0.958. The molecule has 0 unspecified atom stereocenters. The monoisotopic (exact) mass is 319 g/mol. The lowest BCUT2D eigenvalue weighted by Gasteiger charge is -2.08. The minimum Gasteiger partial charge on any atom is -0.397 e. The van der Waals surface area contributed by atoms with E-state index in [1.807, 2.05) is 31.2 Å². The molecule has 0 aliphatic rings. The Morgan fingerprint density at radius 1 is 1.42 bits per heavy atom. The minimum atomic E-state index is -0.0986. The maximum absolute atomic E-state index is 11.9. The molecule has 0 radical (unpaired) electrons. The van der Waals surface area contributed by atoms with Crippen molar-refractivity contribution in [2.45, 2.75) is 13.3 Å². The maximum atomic E-state index is 11.9. The Bertz CT molecular complexity index is 613. The largest absolute Gasteiger partial charge is 0.397 e. The number of rotatable bonds is 3. The third kappa shape index (κ3) is 3.79. The average molecular weight is 320 g/mol. The fraction of sp³-hybridized carbons (Fsp3) is 0.143. The van der Waals surface area contributed by atoms with Gasteiger partial charge in [-0.2, -0.15) is 0 Å². The first kappa shape index (κ1) is 13.5. The zero-order valence-corrected chi connectivity index (χ0v) is 12.1. The van der Waals surface area contributed by atoms with Crippen LogP contribution in [0, 0.1) is 6.92 Å². The Hall–Kier alpha value is -1.88. The number of nitrogens with zero attached hydrogens (tertiary/aromatic N) is 1. The number of hydrogen-bond acceptors (Lipinski definition) is 3. The molecule has 0 saturated heterocycles. The normalized spacial score (nSPS) is 10.2. The van der Waals surface area contributed by atoms with Gasteiger partial charge in [-0.25, -0.2) is 4.98 Å². The SMILES string of the molecule is Cc1cc(N)cnc1NC(=O)Cc1cccc(Br)c1. The lowest BCUT2D eigenvalue weighted by Crippen LogP contribution is -2.16. The number of anilines is 2. The smallest absolute Gasteiger partial charge is 0.229 e. The van der Waals surface area contributed by atoms with Crippen molar-refractivity contribution < 1.29 is 4.79 Å². The number of carbonyl (C=O) groups is 1. The van der Waals surface area contributed by atoms with Crippen molar-refractivity contribution in [3.63, 3.8) is 0 Å². The number of nitrogen functional groups attached to an aromatic ring is 1. The van der Waals surface area contributed by atoms with Crippen LogP contribution >= 0.6 is 15.9 Å². The highest BCUT2D eigenvalue weighted by atomic mass is 79.9. The van der Waals surface area contributed by atoms with Crippen LogP contribution in [-0.4, -0.2) is 10.9 Å². The summed E-state index contributed by atoms with van der Waals surface area (Å²) in [5.74, 6) is 0.452. The van der Waals surface area contributed by atoms with Gasteiger partial charge in [0.1, 0.15) is 5.82 Å². The maximum Gasteiger partial charge on any atom is 0.229 e. The average Bonchev–Trinajstić information content (AvgIpc) is 2.33. The fourth-order valence-electron chi connectivity index (χ4n) is 1.74. The highest BCUT2D eigenvalue weighted by molar-refractivity contribution is 9.10. The number of halogens is 1. The van der Waals surface area contributed by atoms with Crippen LogP contribution in [0.15, 0.2) is 41.0 Å². The van der Waals surface area contributed by atoms with Crippen molar-refractivity contribution in [2.75, 3.05) is 11.1 Å². The molecule has 0 spiro atoms. The van der Waals surface area contributed by atoms with E-state index in [1.165, 1.54) is 6.20 Å². The molecule has 0 atom stereocenters. The van der Waals surface area contributed by atoms with E-state index in [-0.39, 0.29) is 5.91 Å². The Morgan fingerprint density at radius 2 is 2.21 bits per heavy atom. The van der Waals surface area contributed by atoms with Crippen LogP contribution in [0.2, 0.25) is 0 Å². The van der Waals surface area contributed by atoms with Crippen molar-refractivity contribution in [3.8, 4) is 0 Å². The molecular weight excluding hydrogens is 306 g/mol. The molecule has 1 amide bonds. The number of carbonyl (C=O) groups excluding carboxylic acids is 1. The number of hydrogen-bond donors (Lipinski definition) is 2. The summed E-state index contributed by atoms with van der Waals surface area (Å²) in [5, 5.41) is 2.78. The number of nitrogens with one attached hydrogen (secondary N) is 1. The first-order valence-corrected chi connectivity index (χ1v) is 6.60. The second-order valence-electron chi connectivity index (χ2n) is 4.29. The van der Waals surface area contributed by atoms with Crippen LogP contribution in [0.1, 0.15) is 11.1 Å². The third-order valence-electron chi connectivity index (χ3n) is 2.61. The summed E-state index contributed by atoms with van der Waals surface area (Å²) in [6.07, 6.45) is 1.84. The summed E-state index contributed by atoms with van der Waals surface area (Å²) in [6.45, 7) is 1.86. The van der Waals surface area contributed by atoms with E-state index in [0.717, 1.165) is 15.6 Å². The lowest BCUT2D eigenvalue weighted by molar-refractivity contribution is -0.115. The zero-order chi connectivity index (χ0) is 13.8. The van der Waals surface area contributed by atoms with Crippen molar-refractivity contribution in [2.24, 2.45) is 0 Å². The molecule has 1 aromatic heterocycles. The van der Waals surface area contributed by atoms with Gasteiger partial charge in [0.25, 0.3) is 0 Å². The van der Waals surface area contributed by atoms with Crippen molar-refractivity contribution in [3.05, 3.63) is 52.1 Å². The minimum absolute atomic E-state index is 0.0986. The summed E-state index contributed by atoms with van der Waals surface area (Å²) in [4.78, 5) is 16.0. The molecule has 4 nitrogen and oxygen atoms in total. The second kappa shape index (κ2) is 5.84. The molecule has 0 saturated carbocycles. The van der Waals surface area contributed by atoms with Gasteiger partial charge >= 0.3 is 0 Å². The molecule has 0 aliphatic heterocycles. The molecule has 2 aromatic rings. The van der Waals surface area contributed by atoms with Gasteiger partial charge in [-0.05, 0) is 36.2 Å². The van der Waals surface area contributed by atoms with E-state index in [2.05, 4.69) is 26.2 Å². The van der Waals surface area contributed by atoms with Gasteiger partial charge in [0.15, 0.2) is 0 Å². The number of aromatic nitrogens is 1. The number of amides is 1. The molecule has 1 heterocycles. The van der Waals surface area contributed by atoms with Gasteiger partial charge in [-0.1, -0.05) is 28.1 Å². The molecular formula is C14H14BrN3O. The molecule has 3 N–H and O–H groups in total. The van der Waals surface area contributed by atoms with Gasteiger partial charge in [0, 0.05) is 4.47 Å². The van der Waals surface area contributed by atoms with Crippen LogP contribution in [-0.2, 0) is 11.2 Å². The molecule has 0 fully saturated rings. The van der Waals surface area contributed by atoms with E-state index in [9.17, 15) is 4.79 Å². The standard InChI is InChI=1S/C14H14BrN3O/c1-9-5-12(16)8-17-14(9)18-13(19)7-10-3-2-4-11(15)6-10/h2-6,8H,7,16H2,1H3,(H,17,18,19). The van der Waals surface area contributed by atoms with Crippen LogP contribution in [0.4, 0.5) is 11.5 Å². The Labute approximate surface area is 120 Å². The summed E-state index contributed by atoms with van der Waals surface area (Å²) in [6, 6.07) is 9.44. The first-order chi connectivity index (χ1) is 9.04. The zero-order valence-electron chi connectivity index (χ0n) is 10.5. The van der Waals surface area contributed by atoms with Gasteiger partial charge in [-0.3, -0.25) is 4.79 Å². The Balaban J connectivity index is 2.05. The van der Waals surface area contributed by atoms with Crippen LogP contribution in [0.3, 0.4) is 0 Å². The third-order valence-corrected chi connectivity index (χ3v) is 3.10. The van der Waals surface area contributed by atoms with E-state index in [0.29, 0.717) is 17.9 Å². The van der Waals surface area contributed by atoms with Gasteiger partial charge in [-0.15, -0.1) is 0 Å². The number of benzene rings is 1. The quantitative estimate of drug-likeness (QED) is 0.914. The van der Waals surface area contributed by atoms with Gasteiger partial charge in [0.05, 0.1) is 18.3 Å². The van der Waals surface area contributed by atoms with Crippen molar-refractivity contribution >= 4 is 33.3 Å². The number of nitrogens with two attached hydrogens (primary N) is 1. The van der Waals surface area contributed by atoms with Gasteiger partial charge in [0.2, 0.25) is 5.91 Å². The van der Waals surface area contributed by atoms with E-state index in [4.69, 9.17) is 5.73 Å². The van der Waals surface area contributed by atoms with E-state index >= 15 is 0 Å². The number of pyridine rings is 1. The van der Waals surface area contributed by atoms with Crippen molar-refractivity contribution in [1.29, 1.82) is 0 Å². The lowest BCUT2D eigenvalue weighted by atomic mass is 10.1. The highest BCUT2D eigenvalue weighted by Crippen LogP contribution is 2.15. The van der Waals surface area contributed by atoms with Crippen LogP contribution in [0.5, 0.6) is 0 Å². The summed E-state index contributed by atoms with van der Waals surface area (Å²) in [5.41, 5.74) is 8.00. The predicted molar refractivity (Wildman–Crippen MR) is 79.9 cm³/mol. The van der Waals surface area contributed by atoms with Crippen LogP contribution in [0.25, 0.3) is 0 Å².